The average molecular weight is 450 g/mol. The minimum absolute atomic E-state index is 0.0217. The lowest BCUT2D eigenvalue weighted by Crippen LogP contribution is -2.19. The molecule has 0 saturated carbocycles. The van der Waals surface area contributed by atoms with Gasteiger partial charge in [0.25, 0.3) is 0 Å². The van der Waals surface area contributed by atoms with Crippen molar-refractivity contribution in [1.29, 1.82) is 5.26 Å². The fourth-order valence-corrected chi connectivity index (χ4v) is 2.84. The molecule has 9 nitrogen and oxygen atoms in total. The van der Waals surface area contributed by atoms with Crippen molar-refractivity contribution in [2.75, 3.05) is 24.7 Å². The van der Waals surface area contributed by atoms with Gasteiger partial charge in [-0.2, -0.15) is 10.2 Å². The van der Waals surface area contributed by atoms with Crippen LogP contribution in [0.2, 0.25) is 0 Å². The van der Waals surface area contributed by atoms with Crippen LogP contribution in [0.1, 0.15) is 26.3 Å². The normalized spacial score (nSPS) is 10.4. The molecule has 0 bridgehead atoms. The summed E-state index contributed by atoms with van der Waals surface area (Å²) in [6.45, 7) is 5.38. The second kappa shape index (κ2) is 9.23. The van der Waals surface area contributed by atoms with Crippen LogP contribution in [0.15, 0.2) is 16.6 Å². The second-order valence-electron chi connectivity index (χ2n) is 5.84. The number of nitriles is 1. The average Bonchev–Trinajstić information content (AvgIpc) is 2.60. The Hall–Kier alpha value is -3.06. The van der Waals surface area contributed by atoms with E-state index in [-0.39, 0.29) is 35.7 Å². The number of benzene rings is 1. The van der Waals surface area contributed by atoms with E-state index < -0.39 is 5.97 Å². The third-order valence-corrected chi connectivity index (χ3v) is 4.02. The molecule has 2 aromatic rings. The maximum absolute atomic E-state index is 11.7. The van der Waals surface area contributed by atoms with Gasteiger partial charge < -0.3 is 25.7 Å². The van der Waals surface area contributed by atoms with Crippen LogP contribution >= 0.6 is 15.9 Å². The Labute approximate surface area is 170 Å². The standard InChI is InChI=1S/C18H20BrN5O4/c1-4-26-13-5-10(16-11(7-20)17(21)24-18(22)23-16)12(19)6-14(13)27-8-15(25)28-9(2)3/h5-6,9H,4,8H2,1-3H3,(H4,21,22,23,24). The van der Waals surface area contributed by atoms with Crippen molar-refractivity contribution in [3.05, 3.63) is 22.2 Å². The Kier molecular flexibility index (Phi) is 7.00. The van der Waals surface area contributed by atoms with Crippen LogP contribution in [0.25, 0.3) is 11.3 Å². The summed E-state index contributed by atoms with van der Waals surface area (Å²) >= 11 is 3.43. The first-order valence-corrected chi connectivity index (χ1v) is 9.18. The summed E-state index contributed by atoms with van der Waals surface area (Å²) in [7, 11) is 0. The molecule has 0 aliphatic rings. The smallest absolute Gasteiger partial charge is 0.344 e. The highest BCUT2D eigenvalue weighted by Gasteiger charge is 2.20. The number of hydrogen-bond acceptors (Lipinski definition) is 9. The predicted molar refractivity (Wildman–Crippen MR) is 107 cm³/mol. The molecule has 0 spiro atoms. The highest BCUT2D eigenvalue weighted by atomic mass is 79.9. The molecule has 1 heterocycles. The summed E-state index contributed by atoms with van der Waals surface area (Å²) in [5.74, 6) is 0.102. The van der Waals surface area contributed by atoms with E-state index in [1.807, 2.05) is 6.07 Å². The number of esters is 1. The van der Waals surface area contributed by atoms with Gasteiger partial charge in [-0.25, -0.2) is 9.78 Å². The molecule has 0 atom stereocenters. The summed E-state index contributed by atoms with van der Waals surface area (Å²) in [4.78, 5) is 19.7. The van der Waals surface area contributed by atoms with Crippen molar-refractivity contribution in [2.45, 2.75) is 26.9 Å². The van der Waals surface area contributed by atoms with Crippen molar-refractivity contribution < 1.29 is 19.0 Å². The van der Waals surface area contributed by atoms with Gasteiger partial charge >= 0.3 is 5.97 Å². The first kappa shape index (κ1) is 21.2. The summed E-state index contributed by atoms with van der Waals surface area (Å²) in [6.07, 6.45) is -0.241. The van der Waals surface area contributed by atoms with Gasteiger partial charge in [-0.15, -0.1) is 0 Å². The van der Waals surface area contributed by atoms with Gasteiger partial charge in [-0.1, -0.05) is 0 Å². The molecule has 28 heavy (non-hydrogen) atoms. The number of hydrogen-bond donors (Lipinski definition) is 2. The third-order valence-electron chi connectivity index (χ3n) is 3.37. The summed E-state index contributed by atoms with van der Waals surface area (Å²) in [5.41, 5.74) is 12.3. The quantitative estimate of drug-likeness (QED) is 0.608. The molecular formula is C18H20BrN5O4. The lowest BCUT2D eigenvalue weighted by Gasteiger charge is -2.16. The topological polar surface area (TPSA) is 146 Å². The van der Waals surface area contributed by atoms with Gasteiger partial charge in [0.15, 0.2) is 18.1 Å². The van der Waals surface area contributed by atoms with Crippen LogP contribution in [0.3, 0.4) is 0 Å². The molecule has 4 N–H and O–H groups in total. The Morgan fingerprint density at radius 3 is 2.54 bits per heavy atom. The zero-order valence-electron chi connectivity index (χ0n) is 15.7. The molecule has 1 aromatic heterocycles. The Balaban J connectivity index is 2.46. The minimum atomic E-state index is -0.499. The number of carbonyl (C=O) groups is 1. The van der Waals surface area contributed by atoms with Gasteiger partial charge in [0.2, 0.25) is 5.95 Å². The van der Waals surface area contributed by atoms with E-state index in [0.29, 0.717) is 28.1 Å². The van der Waals surface area contributed by atoms with Gasteiger partial charge in [0.1, 0.15) is 17.5 Å². The Morgan fingerprint density at radius 1 is 1.25 bits per heavy atom. The fourth-order valence-electron chi connectivity index (χ4n) is 2.33. The highest BCUT2D eigenvalue weighted by Crippen LogP contribution is 2.40. The summed E-state index contributed by atoms with van der Waals surface area (Å²) in [6, 6.07) is 5.21. The molecule has 0 fully saturated rings. The number of ether oxygens (including phenoxy) is 3. The summed E-state index contributed by atoms with van der Waals surface area (Å²) < 4.78 is 16.8. The maximum Gasteiger partial charge on any atom is 0.344 e. The van der Waals surface area contributed by atoms with Crippen LogP contribution in [-0.4, -0.2) is 35.3 Å². The SMILES string of the molecule is CCOc1cc(-c2nc(N)nc(N)c2C#N)c(Br)cc1OCC(=O)OC(C)C. The lowest BCUT2D eigenvalue weighted by atomic mass is 10.1. The lowest BCUT2D eigenvalue weighted by molar-refractivity contribution is -0.149. The number of carbonyl (C=O) groups excluding carboxylic acids is 1. The highest BCUT2D eigenvalue weighted by molar-refractivity contribution is 9.10. The van der Waals surface area contributed by atoms with Crippen LogP contribution < -0.4 is 20.9 Å². The number of rotatable bonds is 7. The first-order valence-electron chi connectivity index (χ1n) is 8.38. The number of halogens is 1. The van der Waals surface area contributed by atoms with Crippen molar-refractivity contribution in [3.8, 4) is 28.8 Å². The number of nitrogens with two attached hydrogens (primary N) is 2. The second-order valence-corrected chi connectivity index (χ2v) is 6.70. The number of anilines is 2. The number of nitrogens with zero attached hydrogens (tertiary/aromatic N) is 3. The van der Waals surface area contributed by atoms with Gasteiger partial charge in [-0.05, 0) is 48.8 Å². The fraction of sp³-hybridized carbons (Fsp3) is 0.333. The molecule has 10 heteroatoms. The minimum Gasteiger partial charge on any atom is -0.490 e. The first-order chi connectivity index (χ1) is 13.3. The van der Waals surface area contributed by atoms with E-state index in [1.165, 1.54) is 0 Å². The maximum atomic E-state index is 11.7. The van der Waals surface area contributed by atoms with Crippen molar-refractivity contribution in [2.24, 2.45) is 0 Å². The van der Waals surface area contributed by atoms with E-state index in [4.69, 9.17) is 25.7 Å². The molecule has 0 saturated heterocycles. The molecular weight excluding hydrogens is 430 g/mol. The monoisotopic (exact) mass is 449 g/mol. The van der Waals surface area contributed by atoms with E-state index in [1.54, 1.807) is 32.9 Å². The van der Waals surface area contributed by atoms with Crippen molar-refractivity contribution in [3.63, 3.8) is 0 Å². The molecule has 0 aliphatic heterocycles. The van der Waals surface area contributed by atoms with Gasteiger partial charge in [-0.3, -0.25) is 0 Å². The predicted octanol–water partition coefficient (Wildman–Crippen LogP) is 2.67. The van der Waals surface area contributed by atoms with Gasteiger partial charge in [0, 0.05) is 10.0 Å². The zero-order chi connectivity index (χ0) is 20.8. The Morgan fingerprint density at radius 2 is 1.93 bits per heavy atom. The molecule has 148 valence electrons. The van der Waals surface area contributed by atoms with E-state index in [0.717, 1.165) is 0 Å². The van der Waals surface area contributed by atoms with E-state index in [2.05, 4.69) is 25.9 Å². The molecule has 0 radical (unpaired) electrons. The zero-order valence-corrected chi connectivity index (χ0v) is 17.2. The third kappa shape index (κ3) is 5.01. The van der Waals surface area contributed by atoms with Crippen LogP contribution in [0.4, 0.5) is 11.8 Å². The molecule has 0 unspecified atom stereocenters. The van der Waals surface area contributed by atoms with Crippen LogP contribution in [-0.2, 0) is 9.53 Å². The molecule has 0 amide bonds. The number of nitrogen functional groups attached to an aromatic ring is 2. The van der Waals surface area contributed by atoms with Crippen molar-refractivity contribution >= 4 is 33.7 Å². The molecule has 2 rings (SSSR count). The van der Waals surface area contributed by atoms with Gasteiger partial charge in [0.05, 0.1) is 18.4 Å². The van der Waals surface area contributed by atoms with Crippen LogP contribution in [0, 0.1) is 11.3 Å². The molecule has 0 aliphatic carbocycles. The van der Waals surface area contributed by atoms with Crippen molar-refractivity contribution in [1.82, 2.24) is 9.97 Å². The van der Waals surface area contributed by atoms with Crippen LogP contribution in [0.5, 0.6) is 11.5 Å². The molecule has 1 aromatic carbocycles. The number of aromatic nitrogens is 2. The Bertz CT molecular complexity index is 927. The summed E-state index contributed by atoms with van der Waals surface area (Å²) in [5, 5.41) is 9.41. The van der Waals surface area contributed by atoms with E-state index >= 15 is 0 Å². The van der Waals surface area contributed by atoms with E-state index in [9.17, 15) is 10.1 Å². The largest absolute Gasteiger partial charge is 0.490 e.